The summed E-state index contributed by atoms with van der Waals surface area (Å²) in [5.41, 5.74) is 0.913. The van der Waals surface area contributed by atoms with E-state index in [2.05, 4.69) is 9.32 Å². The average molecular weight is 211 g/mol. The first kappa shape index (κ1) is 12.9. The first-order valence-corrected chi connectivity index (χ1v) is 4.73. The molecular formula is C7H10NNaO3S. The summed E-state index contributed by atoms with van der Waals surface area (Å²) in [6.07, 6.45) is 0. The molecule has 0 amide bonds. The third-order valence-corrected chi connectivity index (χ3v) is 1.63. The Kier molecular flexibility index (Phi) is 4.95. The van der Waals surface area contributed by atoms with Crippen molar-refractivity contribution < 1.29 is 43.6 Å². The molecule has 68 valence electrons. The van der Waals surface area contributed by atoms with Crippen molar-refractivity contribution in [1.29, 1.82) is 0 Å². The Morgan fingerprint density at radius 2 is 2.08 bits per heavy atom. The summed E-state index contributed by atoms with van der Waals surface area (Å²) < 4.78 is 25.4. The van der Waals surface area contributed by atoms with E-state index in [-0.39, 0.29) is 36.7 Å². The van der Waals surface area contributed by atoms with Crippen molar-refractivity contribution in [3.8, 4) is 5.75 Å². The number of benzene rings is 1. The zero-order valence-corrected chi connectivity index (χ0v) is 10.3. The van der Waals surface area contributed by atoms with Crippen LogP contribution in [0.2, 0.25) is 0 Å². The van der Waals surface area contributed by atoms with Gasteiger partial charge >= 0.3 is 39.9 Å². The fourth-order valence-electron chi connectivity index (χ4n) is 0.801. The molecule has 0 aliphatic rings. The summed E-state index contributed by atoms with van der Waals surface area (Å²) in [6.45, 7) is 1.83. The molecule has 1 aromatic carbocycles. The minimum atomic E-state index is -3.89. The van der Waals surface area contributed by atoms with Crippen LogP contribution in [-0.4, -0.2) is 8.42 Å². The number of aryl methyl sites for hydroxylation is 1. The van der Waals surface area contributed by atoms with Crippen LogP contribution in [0.15, 0.2) is 24.3 Å². The Morgan fingerprint density at radius 3 is 2.54 bits per heavy atom. The van der Waals surface area contributed by atoms with Gasteiger partial charge in [-0.05, 0) is 24.6 Å². The number of nitrogens with two attached hydrogens (primary N) is 1. The summed E-state index contributed by atoms with van der Waals surface area (Å²) in [4.78, 5) is 0. The molecule has 0 saturated carbocycles. The van der Waals surface area contributed by atoms with Gasteiger partial charge in [0.25, 0.3) is 0 Å². The Bertz CT molecular complexity index is 382. The molecule has 0 spiro atoms. The first-order valence-electron chi connectivity index (χ1n) is 3.26. The van der Waals surface area contributed by atoms with Crippen LogP contribution in [0.4, 0.5) is 0 Å². The largest absolute Gasteiger partial charge is 1.00 e. The fourth-order valence-corrected chi connectivity index (χ4v) is 1.17. The Labute approximate surface area is 101 Å². The van der Waals surface area contributed by atoms with Gasteiger partial charge in [0.05, 0.1) is 0 Å². The maximum absolute atomic E-state index is 10.5. The molecule has 13 heavy (non-hydrogen) atoms. The van der Waals surface area contributed by atoms with Crippen molar-refractivity contribution in [2.24, 2.45) is 5.14 Å². The van der Waals surface area contributed by atoms with Crippen LogP contribution < -0.4 is 38.9 Å². The molecule has 2 N–H and O–H groups in total. The molecule has 0 bridgehead atoms. The first-order chi connectivity index (χ1) is 5.47. The smallest absolute Gasteiger partial charge is 1.00 e. The summed E-state index contributed by atoms with van der Waals surface area (Å²) in [7, 11) is -3.89. The number of rotatable bonds is 2. The SMILES string of the molecule is Cc1cccc(OS(N)(=O)=O)c1.[H-].[Na+]. The molecule has 0 aliphatic heterocycles. The predicted molar refractivity (Wildman–Crippen MR) is 46.0 cm³/mol. The van der Waals surface area contributed by atoms with E-state index in [9.17, 15) is 8.42 Å². The predicted octanol–water partition coefficient (Wildman–Crippen LogP) is -2.31. The van der Waals surface area contributed by atoms with Crippen LogP contribution in [0.25, 0.3) is 0 Å². The minimum absolute atomic E-state index is 0. The molecule has 0 fully saturated rings. The minimum Gasteiger partial charge on any atom is -1.00 e. The van der Waals surface area contributed by atoms with Gasteiger partial charge in [0.2, 0.25) is 0 Å². The Hall–Kier alpha value is -0.0700. The molecule has 0 heterocycles. The van der Waals surface area contributed by atoms with Gasteiger partial charge in [0.1, 0.15) is 5.75 Å². The second-order valence-corrected chi connectivity index (χ2v) is 3.54. The van der Waals surface area contributed by atoms with Crippen LogP contribution in [-0.2, 0) is 10.3 Å². The molecule has 0 aromatic heterocycles. The molecule has 0 atom stereocenters. The number of hydrogen-bond acceptors (Lipinski definition) is 3. The van der Waals surface area contributed by atoms with E-state index in [1.807, 2.05) is 13.0 Å². The summed E-state index contributed by atoms with van der Waals surface area (Å²) in [5, 5.41) is 4.67. The van der Waals surface area contributed by atoms with E-state index < -0.39 is 10.3 Å². The van der Waals surface area contributed by atoms with Crippen molar-refractivity contribution in [2.75, 3.05) is 0 Å². The Balaban J connectivity index is 0. The number of hydrogen-bond donors (Lipinski definition) is 1. The van der Waals surface area contributed by atoms with E-state index >= 15 is 0 Å². The molecule has 1 aromatic rings. The Morgan fingerprint density at radius 1 is 1.46 bits per heavy atom. The average Bonchev–Trinajstić information content (AvgIpc) is 1.82. The third kappa shape index (κ3) is 5.28. The van der Waals surface area contributed by atoms with Crippen LogP contribution in [0, 0.1) is 6.92 Å². The van der Waals surface area contributed by atoms with Crippen LogP contribution in [0.5, 0.6) is 5.75 Å². The van der Waals surface area contributed by atoms with E-state index in [0.29, 0.717) is 0 Å². The van der Waals surface area contributed by atoms with Gasteiger partial charge in [-0.25, -0.2) is 0 Å². The molecule has 0 radical (unpaired) electrons. The van der Waals surface area contributed by atoms with E-state index in [1.165, 1.54) is 6.07 Å². The van der Waals surface area contributed by atoms with Gasteiger partial charge in [-0.2, -0.15) is 13.6 Å². The zero-order valence-electron chi connectivity index (χ0n) is 8.52. The second-order valence-electron chi connectivity index (χ2n) is 2.39. The molecule has 0 saturated heterocycles. The van der Waals surface area contributed by atoms with Gasteiger partial charge in [0, 0.05) is 0 Å². The standard InChI is InChI=1S/C7H9NO3S.Na.H/c1-6-3-2-4-7(5-6)11-12(8,9)10;;/h2-5H,1H3,(H2,8,9,10);;/q;+1;-1. The molecule has 4 nitrogen and oxygen atoms in total. The molecule has 0 unspecified atom stereocenters. The zero-order chi connectivity index (χ0) is 9.19. The summed E-state index contributed by atoms with van der Waals surface area (Å²) >= 11 is 0. The van der Waals surface area contributed by atoms with Crippen molar-refractivity contribution in [2.45, 2.75) is 6.92 Å². The van der Waals surface area contributed by atoms with Crippen LogP contribution in [0.3, 0.4) is 0 Å². The quantitative estimate of drug-likeness (QED) is 0.559. The fraction of sp³-hybridized carbons (Fsp3) is 0.143. The van der Waals surface area contributed by atoms with Crippen molar-refractivity contribution in [3.63, 3.8) is 0 Å². The van der Waals surface area contributed by atoms with Gasteiger partial charge < -0.3 is 5.61 Å². The monoisotopic (exact) mass is 211 g/mol. The van der Waals surface area contributed by atoms with E-state index in [1.54, 1.807) is 12.1 Å². The molecular weight excluding hydrogens is 201 g/mol. The van der Waals surface area contributed by atoms with Crippen LogP contribution in [0.1, 0.15) is 6.99 Å². The van der Waals surface area contributed by atoms with Crippen molar-refractivity contribution in [3.05, 3.63) is 29.8 Å². The topological polar surface area (TPSA) is 69.4 Å². The third-order valence-electron chi connectivity index (χ3n) is 1.20. The normalized spacial score (nSPS) is 10.3. The van der Waals surface area contributed by atoms with E-state index in [0.717, 1.165) is 5.56 Å². The van der Waals surface area contributed by atoms with Gasteiger partial charge in [-0.1, -0.05) is 12.1 Å². The maximum Gasteiger partial charge on any atom is 1.00 e. The van der Waals surface area contributed by atoms with Gasteiger partial charge in [-0.15, -0.1) is 0 Å². The van der Waals surface area contributed by atoms with Crippen molar-refractivity contribution in [1.82, 2.24) is 0 Å². The van der Waals surface area contributed by atoms with Crippen molar-refractivity contribution >= 4 is 10.3 Å². The van der Waals surface area contributed by atoms with Gasteiger partial charge in [-0.3, -0.25) is 0 Å². The van der Waals surface area contributed by atoms with E-state index in [4.69, 9.17) is 0 Å². The molecule has 1 rings (SSSR count). The van der Waals surface area contributed by atoms with Gasteiger partial charge in [0.15, 0.2) is 0 Å². The summed E-state index contributed by atoms with van der Waals surface area (Å²) in [5.74, 6) is 0.234. The molecule has 6 heteroatoms. The summed E-state index contributed by atoms with van der Waals surface area (Å²) in [6, 6.07) is 6.63. The second kappa shape index (κ2) is 4.97. The van der Waals surface area contributed by atoms with Crippen LogP contribution >= 0.6 is 0 Å². The maximum atomic E-state index is 10.5. The molecule has 0 aliphatic carbocycles.